The van der Waals surface area contributed by atoms with E-state index in [1.165, 1.54) is 12.1 Å². The number of nitriles is 1. The molecule has 0 aromatic heterocycles. The summed E-state index contributed by atoms with van der Waals surface area (Å²) in [5, 5.41) is 13.5. The maximum absolute atomic E-state index is 12.0. The van der Waals surface area contributed by atoms with Gasteiger partial charge in [-0.05, 0) is 28.7 Å². The van der Waals surface area contributed by atoms with Crippen LogP contribution in [0, 0.1) is 22.2 Å². The topological polar surface area (TPSA) is 82.8 Å². The van der Waals surface area contributed by atoms with Crippen LogP contribution in [0.15, 0.2) is 53.8 Å². The zero-order valence-electron chi connectivity index (χ0n) is 15.0. The molecular formula is C20H21N3O3. The fraction of sp³-hybridized carbons (Fsp3) is 0.300. The number of rotatable bonds is 7. The van der Waals surface area contributed by atoms with Gasteiger partial charge in [0.15, 0.2) is 6.04 Å². The summed E-state index contributed by atoms with van der Waals surface area (Å²) in [6.07, 6.45) is 0. The first kappa shape index (κ1) is 19.1. The summed E-state index contributed by atoms with van der Waals surface area (Å²) in [6.45, 7) is 3.87. The second-order valence-corrected chi connectivity index (χ2v) is 6.25. The molecular weight excluding hydrogens is 330 g/mol. The van der Waals surface area contributed by atoms with Crippen molar-refractivity contribution in [1.82, 2.24) is 5.01 Å². The van der Waals surface area contributed by atoms with Crippen molar-refractivity contribution in [2.75, 3.05) is 7.11 Å². The monoisotopic (exact) mass is 351 g/mol. The molecule has 0 aliphatic heterocycles. The van der Waals surface area contributed by atoms with E-state index >= 15 is 0 Å². The lowest BCUT2D eigenvalue weighted by Crippen LogP contribution is -2.41. The van der Waals surface area contributed by atoms with Gasteiger partial charge in [0.25, 0.3) is 0 Å². The van der Waals surface area contributed by atoms with Gasteiger partial charge < -0.3 is 4.74 Å². The Balaban J connectivity index is 2.23. The van der Waals surface area contributed by atoms with E-state index in [4.69, 9.17) is 4.74 Å². The molecule has 0 unspecified atom stereocenters. The Bertz CT molecular complexity index is 810. The van der Waals surface area contributed by atoms with Crippen LogP contribution in [0.2, 0.25) is 0 Å². The van der Waals surface area contributed by atoms with Crippen molar-refractivity contribution >= 4 is 5.97 Å². The highest BCUT2D eigenvalue weighted by Crippen LogP contribution is 2.24. The third-order valence-corrected chi connectivity index (χ3v) is 4.16. The van der Waals surface area contributed by atoms with E-state index in [9.17, 15) is 15.0 Å². The Morgan fingerprint density at radius 3 is 2.38 bits per heavy atom. The van der Waals surface area contributed by atoms with Crippen LogP contribution < -0.4 is 0 Å². The Labute approximate surface area is 153 Å². The minimum absolute atomic E-state index is 0.123. The Morgan fingerprint density at radius 2 is 1.85 bits per heavy atom. The van der Waals surface area contributed by atoms with E-state index in [0.29, 0.717) is 5.56 Å². The molecule has 0 saturated carbocycles. The van der Waals surface area contributed by atoms with Crippen molar-refractivity contribution in [2.24, 2.45) is 11.2 Å². The Hall–Kier alpha value is -3.20. The van der Waals surface area contributed by atoms with Gasteiger partial charge in [0.05, 0.1) is 30.6 Å². The highest BCUT2D eigenvalue weighted by atomic mass is 16.5. The number of methoxy groups -OCH3 is 1. The maximum Gasteiger partial charge on any atom is 0.330 e. The first-order valence-electron chi connectivity index (χ1n) is 8.28. The van der Waals surface area contributed by atoms with Crippen molar-refractivity contribution in [1.29, 1.82) is 5.26 Å². The lowest BCUT2D eigenvalue weighted by atomic mass is 9.99. The molecule has 0 spiro atoms. The number of ether oxygens (including phenoxy) is 1. The maximum atomic E-state index is 12.0. The van der Waals surface area contributed by atoms with Crippen molar-refractivity contribution in [3.63, 3.8) is 0 Å². The molecule has 0 N–H and O–H groups in total. The molecule has 0 saturated heterocycles. The molecule has 1 atom stereocenters. The van der Waals surface area contributed by atoms with E-state index in [0.717, 1.165) is 16.7 Å². The van der Waals surface area contributed by atoms with Crippen molar-refractivity contribution in [3.8, 4) is 17.2 Å². The smallest absolute Gasteiger partial charge is 0.330 e. The quantitative estimate of drug-likeness (QED) is 0.429. The Morgan fingerprint density at radius 1 is 1.19 bits per heavy atom. The number of nitroso groups, excluding NO2 is 1. The second kappa shape index (κ2) is 8.77. The third-order valence-electron chi connectivity index (χ3n) is 4.16. The molecule has 0 aliphatic carbocycles. The molecule has 0 bridgehead atoms. The second-order valence-electron chi connectivity index (χ2n) is 6.25. The van der Waals surface area contributed by atoms with E-state index < -0.39 is 12.0 Å². The first-order chi connectivity index (χ1) is 12.5. The molecule has 0 fully saturated rings. The van der Waals surface area contributed by atoms with Gasteiger partial charge in [-0.25, -0.2) is 9.80 Å². The van der Waals surface area contributed by atoms with Crippen LogP contribution in [0.3, 0.4) is 0 Å². The van der Waals surface area contributed by atoms with Crippen LogP contribution in [-0.2, 0) is 16.1 Å². The van der Waals surface area contributed by atoms with Gasteiger partial charge in [0.2, 0.25) is 0 Å². The van der Waals surface area contributed by atoms with E-state index in [-0.39, 0.29) is 12.5 Å². The van der Waals surface area contributed by atoms with Crippen LogP contribution in [0.4, 0.5) is 0 Å². The molecule has 6 nitrogen and oxygen atoms in total. The van der Waals surface area contributed by atoms with Crippen molar-refractivity contribution in [3.05, 3.63) is 64.6 Å². The minimum Gasteiger partial charge on any atom is -0.467 e. The summed E-state index contributed by atoms with van der Waals surface area (Å²) in [5.41, 5.74) is 3.19. The van der Waals surface area contributed by atoms with E-state index in [1.54, 1.807) is 6.07 Å². The number of esters is 1. The van der Waals surface area contributed by atoms with Crippen molar-refractivity contribution in [2.45, 2.75) is 26.4 Å². The predicted molar refractivity (Wildman–Crippen MR) is 98.6 cm³/mol. The fourth-order valence-electron chi connectivity index (χ4n) is 2.85. The summed E-state index contributed by atoms with van der Waals surface area (Å²) in [7, 11) is 1.29. The zero-order valence-corrected chi connectivity index (χ0v) is 15.0. The molecule has 0 heterocycles. The zero-order chi connectivity index (χ0) is 19.1. The number of hydrogen-bond acceptors (Lipinski definition) is 5. The van der Waals surface area contributed by atoms with Crippen LogP contribution in [0.25, 0.3) is 11.1 Å². The molecule has 134 valence electrons. The predicted octanol–water partition coefficient (Wildman–Crippen LogP) is 3.91. The fourth-order valence-corrected chi connectivity index (χ4v) is 2.85. The van der Waals surface area contributed by atoms with Gasteiger partial charge in [0.1, 0.15) is 0 Å². The number of carbonyl (C=O) groups excluding carboxylic acids is 1. The van der Waals surface area contributed by atoms with Crippen LogP contribution in [-0.4, -0.2) is 24.1 Å². The lowest BCUT2D eigenvalue weighted by Gasteiger charge is -2.27. The number of hydrogen-bond donors (Lipinski definition) is 0. The van der Waals surface area contributed by atoms with Gasteiger partial charge in [0, 0.05) is 0 Å². The van der Waals surface area contributed by atoms with Crippen molar-refractivity contribution < 1.29 is 9.53 Å². The van der Waals surface area contributed by atoms with Gasteiger partial charge in [-0.2, -0.15) is 5.26 Å². The van der Waals surface area contributed by atoms with Gasteiger partial charge in [-0.1, -0.05) is 56.3 Å². The van der Waals surface area contributed by atoms with Crippen LogP contribution >= 0.6 is 0 Å². The highest BCUT2D eigenvalue weighted by molar-refractivity contribution is 5.76. The molecule has 2 rings (SSSR count). The number of carbonyl (C=O) groups is 1. The first-order valence-corrected chi connectivity index (χ1v) is 8.28. The normalized spacial score (nSPS) is 11.5. The van der Waals surface area contributed by atoms with Gasteiger partial charge in [-0.3, -0.25) is 0 Å². The molecule has 2 aromatic rings. The molecule has 0 aliphatic rings. The van der Waals surface area contributed by atoms with E-state index in [1.807, 2.05) is 56.3 Å². The number of benzene rings is 2. The summed E-state index contributed by atoms with van der Waals surface area (Å²) < 4.78 is 4.79. The molecule has 2 aromatic carbocycles. The third kappa shape index (κ3) is 4.25. The van der Waals surface area contributed by atoms with Crippen LogP contribution in [0.5, 0.6) is 0 Å². The average molecular weight is 351 g/mol. The van der Waals surface area contributed by atoms with Gasteiger partial charge in [-0.15, -0.1) is 4.91 Å². The molecule has 6 heteroatoms. The average Bonchev–Trinajstić information content (AvgIpc) is 2.67. The summed E-state index contributed by atoms with van der Waals surface area (Å²) >= 11 is 0. The Kier molecular flexibility index (Phi) is 6.45. The molecule has 26 heavy (non-hydrogen) atoms. The van der Waals surface area contributed by atoms with Gasteiger partial charge >= 0.3 is 5.97 Å². The summed E-state index contributed by atoms with van der Waals surface area (Å²) in [4.78, 5) is 23.2. The summed E-state index contributed by atoms with van der Waals surface area (Å²) in [5.74, 6) is -0.610. The number of nitrogens with zero attached hydrogens (tertiary/aromatic N) is 3. The molecule has 0 amide bonds. The highest BCUT2D eigenvalue weighted by Gasteiger charge is 2.30. The lowest BCUT2D eigenvalue weighted by molar-refractivity contribution is -0.149. The van der Waals surface area contributed by atoms with E-state index in [2.05, 4.69) is 11.4 Å². The summed E-state index contributed by atoms with van der Waals surface area (Å²) in [6, 6.07) is 16.3. The molecule has 0 radical (unpaired) electrons. The minimum atomic E-state index is -0.739. The standard InChI is InChI=1S/C20H21N3O3/c1-14(2)19(20(24)26-3)23(22-25)13-15-8-10-16(11-9-15)18-7-5-4-6-17(18)12-21/h4-11,14,19H,13H2,1-3H3/t19-/m1/s1. The van der Waals surface area contributed by atoms with Crippen LogP contribution in [0.1, 0.15) is 25.0 Å². The largest absolute Gasteiger partial charge is 0.467 e. The SMILES string of the molecule is COC(=O)[C@@H](C(C)C)N(Cc1ccc(-c2ccccc2C#N)cc1)N=O.